The average Bonchev–Trinajstić information content (AvgIpc) is 2.93. The molecule has 0 bridgehead atoms. The maximum absolute atomic E-state index is 11.4. The van der Waals surface area contributed by atoms with E-state index in [1.807, 2.05) is 23.7 Å². The summed E-state index contributed by atoms with van der Waals surface area (Å²) >= 11 is 0. The molecule has 3 N–H and O–H groups in total. The molecule has 1 saturated carbocycles. The molecular formula is C18H23N5O. The highest BCUT2D eigenvalue weighted by Crippen LogP contribution is 2.43. The largest absolute Gasteiger partial charge is 0.399 e. The number of amides is 1. The normalized spacial score (nSPS) is 16.1. The number of benzene rings is 1. The Morgan fingerprint density at radius 3 is 2.79 bits per heavy atom. The van der Waals surface area contributed by atoms with Crippen LogP contribution in [0.1, 0.15) is 42.1 Å². The van der Waals surface area contributed by atoms with Crippen LogP contribution >= 0.6 is 0 Å². The molecule has 1 aromatic carbocycles. The van der Waals surface area contributed by atoms with E-state index >= 15 is 0 Å². The first-order valence-electron chi connectivity index (χ1n) is 8.22. The maximum atomic E-state index is 11.4. The first kappa shape index (κ1) is 16.2. The smallest absolute Gasteiger partial charge is 0.243 e. The third kappa shape index (κ3) is 3.32. The number of likely N-dealkylation sites (N-methyl/N-ethyl adjacent to an activating group) is 1. The van der Waals surface area contributed by atoms with Gasteiger partial charge in [0.05, 0.1) is 0 Å². The minimum atomic E-state index is -0.136. The van der Waals surface area contributed by atoms with Gasteiger partial charge in [-0.05, 0) is 48.1 Å². The van der Waals surface area contributed by atoms with Crippen LogP contribution in [0, 0.1) is 5.92 Å². The van der Waals surface area contributed by atoms with Crippen LogP contribution in [0.3, 0.4) is 0 Å². The number of aromatic nitrogens is 3. The second-order valence-electron chi connectivity index (χ2n) is 6.35. The van der Waals surface area contributed by atoms with E-state index in [1.165, 1.54) is 25.3 Å². The van der Waals surface area contributed by atoms with Crippen LogP contribution in [0.5, 0.6) is 0 Å². The van der Waals surface area contributed by atoms with E-state index in [9.17, 15) is 4.79 Å². The van der Waals surface area contributed by atoms with Gasteiger partial charge in [0.15, 0.2) is 0 Å². The van der Waals surface area contributed by atoms with Crippen molar-refractivity contribution in [3.63, 3.8) is 0 Å². The van der Waals surface area contributed by atoms with Gasteiger partial charge in [0.2, 0.25) is 5.91 Å². The molecule has 6 nitrogen and oxygen atoms in total. The van der Waals surface area contributed by atoms with E-state index in [0.29, 0.717) is 11.6 Å². The Bertz CT molecular complexity index is 761. The number of carbonyl (C=O) groups is 1. The molecule has 0 radical (unpaired) electrons. The van der Waals surface area contributed by atoms with E-state index in [4.69, 9.17) is 5.73 Å². The van der Waals surface area contributed by atoms with Gasteiger partial charge in [-0.25, -0.2) is 0 Å². The molecule has 2 aromatic rings. The molecule has 0 spiro atoms. The molecular weight excluding hydrogens is 302 g/mol. The van der Waals surface area contributed by atoms with Crippen LogP contribution in [-0.2, 0) is 11.8 Å². The van der Waals surface area contributed by atoms with Gasteiger partial charge in [-0.15, -0.1) is 10.2 Å². The van der Waals surface area contributed by atoms with Crippen molar-refractivity contribution in [3.05, 3.63) is 47.6 Å². The van der Waals surface area contributed by atoms with Gasteiger partial charge >= 0.3 is 0 Å². The van der Waals surface area contributed by atoms with Gasteiger partial charge in [0.1, 0.15) is 12.2 Å². The highest BCUT2D eigenvalue weighted by Gasteiger charge is 2.33. The number of nitrogen functional groups attached to an aromatic ring is 1. The van der Waals surface area contributed by atoms with Crippen LogP contribution in [0.25, 0.3) is 6.08 Å². The van der Waals surface area contributed by atoms with Gasteiger partial charge < -0.3 is 15.6 Å². The Kier molecular flexibility index (Phi) is 4.64. The number of aryl methyl sites for hydroxylation is 1. The molecule has 6 heteroatoms. The summed E-state index contributed by atoms with van der Waals surface area (Å²) in [6, 6.07) is 5.97. The summed E-state index contributed by atoms with van der Waals surface area (Å²) in [5.74, 6) is 1.57. The molecule has 1 heterocycles. The fraction of sp³-hybridized carbons (Fsp3) is 0.389. The lowest BCUT2D eigenvalue weighted by Crippen LogP contribution is -2.24. The number of nitrogens with two attached hydrogens (primary N) is 1. The Balaban J connectivity index is 1.98. The van der Waals surface area contributed by atoms with E-state index in [1.54, 1.807) is 19.5 Å². The SMILES string of the molecule is CNC(=O)/C=C/c1cc(N)cc(C(c2nncn2C)C2CCC2)c1. The third-order valence-corrected chi connectivity index (χ3v) is 4.68. The van der Waals surface area contributed by atoms with Crippen molar-refractivity contribution in [2.45, 2.75) is 25.2 Å². The Morgan fingerprint density at radius 2 is 2.21 bits per heavy atom. The second-order valence-corrected chi connectivity index (χ2v) is 6.35. The topological polar surface area (TPSA) is 85.8 Å². The minimum absolute atomic E-state index is 0.136. The van der Waals surface area contributed by atoms with Gasteiger partial charge in [-0.1, -0.05) is 12.5 Å². The highest BCUT2D eigenvalue weighted by molar-refractivity contribution is 5.91. The lowest BCUT2D eigenvalue weighted by Gasteiger charge is -2.33. The quantitative estimate of drug-likeness (QED) is 0.651. The Morgan fingerprint density at radius 1 is 1.42 bits per heavy atom. The van der Waals surface area contributed by atoms with Crippen molar-refractivity contribution < 1.29 is 4.79 Å². The van der Waals surface area contributed by atoms with Crippen molar-refractivity contribution in [2.75, 3.05) is 12.8 Å². The molecule has 1 fully saturated rings. The zero-order valence-corrected chi connectivity index (χ0v) is 14.1. The van der Waals surface area contributed by atoms with Crippen molar-refractivity contribution in [3.8, 4) is 0 Å². The molecule has 1 atom stereocenters. The van der Waals surface area contributed by atoms with Crippen molar-refractivity contribution in [1.82, 2.24) is 20.1 Å². The fourth-order valence-corrected chi connectivity index (χ4v) is 3.21. The van der Waals surface area contributed by atoms with Crippen molar-refractivity contribution in [1.29, 1.82) is 0 Å². The molecule has 24 heavy (non-hydrogen) atoms. The van der Waals surface area contributed by atoms with Gasteiger partial charge in [0.25, 0.3) is 0 Å². The predicted octanol–water partition coefficient (Wildman–Crippen LogP) is 2.09. The van der Waals surface area contributed by atoms with Crippen LogP contribution in [0.4, 0.5) is 5.69 Å². The average molecular weight is 325 g/mol. The highest BCUT2D eigenvalue weighted by atomic mass is 16.1. The molecule has 0 saturated heterocycles. The number of nitrogens with one attached hydrogen (secondary N) is 1. The summed E-state index contributed by atoms with van der Waals surface area (Å²) in [6.45, 7) is 0. The lowest BCUT2D eigenvalue weighted by molar-refractivity contribution is -0.115. The van der Waals surface area contributed by atoms with Crippen LogP contribution in [0.15, 0.2) is 30.6 Å². The predicted molar refractivity (Wildman–Crippen MR) is 94.1 cm³/mol. The summed E-state index contributed by atoms with van der Waals surface area (Å²) in [4.78, 5) is 11.4. The molecule has 3 rings (SSSR count). The Labute approximate surface area is 141 Å². The van der Waals surface area contributed by atoms with Crippen LogP contribution in [0.2, 0.25) is 0 Å². The lowest BCUT2D eigenvalue weighted by atomic mass is 9.72. The number of rotatable bonds is 5. The molecule has 0 aliphatic heterocycles. The van der Waals surface area contributed by atoms with Crippen molar-refractivity contribution in [2.24, 2.45) is 13.0 Å². The zero-order valence-electron chi connectivity index (χ0n) is 14.1. The summed E-state index contributed by atoms with van der Waals surface area (Å²) < 4.78 is 1.98. The van der Waals surface area contributed by atoms with Crippen LogP contribution in [-0.4, -0.2) is 27.7 Å². The van der Waals surface area contributed by atoms with E-state index in [0.717, 1.165) is 17.0 Å². The number of hydrogen-bond donors (Lipinski definition) is 2. The first-order chi connectivity index (χ1) is 11.6. The maximum Gasteiger partial charge on any atom is 0.243 e. The molecule has 1 aliphatic carbocycles. The standard InChI is InChI=1S/C18H23N5O/c1-20-16(24)7-6-12-8-14(10-15(19)9-12)17(13-4-3-5-13)18-22-21-11-23(18)2/h6-11,13,17H,3-5,19H2,1-2H3,(H,20,24)/b7-6+. The minimum Gasteiger partial charge on any atom is -0.399 e. The molecule has 1 unspecified atom stereocenters. The second kappa shape index (κ2) is 6.86. The van der Waals surface area contributed by atoms with Gasteiger partial charge in [-0.3, -0.25) is 4.79 Å². The summed E-state index contributed by atoms with van der Waals surface area (Å²) in [6.07, 6.45) is 8.67. The summed E-state index contributed by atoms with van der Waals surface area (Å²) in [5, 5.41) is 10.9. The van der Waals surface area contributed by atoms with E-state index < -0.39 is 0 Å². The van der Waals surface area contributed by atoms with Gasteiger partial charge in [-0.2, -0.15) is 0 Å². The molecule has 1 aliphatic rings. The fourth-order valence-electron chi connectivity index (χ4n) is 3.21. The first-order valence-corrected chi connectivity index (χ1v) is 8.22. The Hall–Kier alpha value is -2.63. The number of carbonyl (C=O) groups excluding carboxylic acids is 1. The number of anilines is 1. The van der Waals surface area contributed by atoms with E-state index in [-0.39, 0.29) is 11.8 Å². The molecule has 1 aromatic heterocycles. The van der Waals surface area contributed by atoms with Crippen LogP contribution < -0.4 is 11.1 Å². The molecule has 126 valence electrons. The summed E-state index contributed by atoms with van der Waals surface area (Å²) in [7, 11) is 3.58. The van der Waals surface area contributed by atoms with Crippen molar-refractivity contribution >= 4 is 17.7 Å². The monoisotopic (exact) mass is 325 g/mol. The summed E-state index contributed by atoms with van der Waals surface area (Å²) in [5.41, 5.74) is 8.85. The molecule has 1 amide bonds. The van der Waals surface area contributed by atoms with E-state index in [2.05, 4.69) is 21.6 Å². The number of hydrogen-bond acceptors (Lipinski definition) is 4. The number of nitrogens with zero attached hydrogens (tertiary/aromatic N) is 3. The van der Waals surface area contributed by atoms with Gasteiger partial charge in [0, 0.05) is 31.8 Å². The third-order valence-electron chi connectivity index (χ3n) is 4.68. The zero-order chi connectivity index (χ0) is 17.1.